The lowest BCUT2D eigenvalue weighted by atomic mass is 10.1. The molecule has 0 aliphatic carbocycles. The molecule has 1 aliphatic rings. The highest BCUT2D eigenvalue weighted by Gasteiger charge is 2.31. The molecule has 166 valence electrons. The van der Waals surface area contributed by atoms with Crippen molar-refractivity contribution < 1.29 is 27.5 Å². The van der Waals surface area contributed by atoms with Gasteiger partial charge in [-0.05, 0) is 23.8 Å². The maximum Gasteiger partial charge on any atom is 0.416 e. The number of hydrogen-bond acceptors (Lipinski definition) is 4. The van der Waals surface area contributed by atoms with Crippen molar-refractivity contribution in [2.75, 3.05) is 38.2 Å². The third kappa shape index (κ3) is 5.90. The first-order valence-electron chi connectivity index (χ1n) is 9.87. The summed E-state index contributed by atoms with van der Waals surface area (Å²) in [5.41, 5.74) is 0.644. The van der Waals surface area contributed by atoms with Gasteiger partial charge in [-0.25, -0.2) is 9.59 Å². The van der Waals surface area contributed by atoms with Crippen LogP contribution < -0.4 is 10.2 Å². The lowest BCUT2D eigenvalue weighted by molar-refractivity contribution is -0.143. The zero-order chi connectivity index (χ0) is 22.4. The van der Waals surface area contributed by atoms with Gasteiger partial charge in [0.25, 0.3) is 0 Å². The molecule has 9 heteroatoms. The minimum atomic E-state index is -4.40. The van der Waals surface area contributed by atoms with Crippen LogP contribution in [0.3, 0.4) is 0 Å². The molecule has 2 aromatic carbocycles. The SMILES string of the molecule is COC(=O)[C@H](Cc1ccccc1)NC(=O)N1CCN(c2cccc(C(F)(F)F)c2)CC1. The number of methoxy groups -OCH3 is 1. The van der Waals surface area contributed by atoms with E-state index in [4.69, 9.17) is 4.74 Å². The third-order valence-corrected chi connectivity index (χ3v) is 5.17. The molecule has 1 saturated heterocycles. The monoisotopic (exact) mass is 435 g/mol. The van der Waals surface area contributed by atoms with E-state index < -0.39 is 29.8 Å². The van der Waals surface area contributed by atoms with Crippen LogP contribution in [0.2, 0.25) is 0 Å². The van der Waals surface area contributed by atoms with Crippen LogP contribution in [0.1, 0.15) is 11.1 Å². The van der Waals surface area contributed by atoms with Crippen LogP contribution in [0.4, 0.5) is 23.7 Å². The Morgan fingerprint density at radius 2 is 1.71 bits per heavy atom. The van der Waals surface area contributed by atoms with Crippen molar-refractivity contribution in [2.24, 2.45) is 0 Å². The van der Waals surface area contributed by atoms with Crippen LogP contribution in [0.5, 0.6) is 0 Å². The Kier molecular flexibility index (Phi) is 7.04. The molecule has 1 aliphatic heterocycles. The van der Waals surface area contributed by atoms with Gasteiger partial charge in [-0.1, -0.05) is 36.4 Å². The molecule has 6 nitrogen and oxygen atoms in total. The Hall–Kier alpha value is -3.23. The predicted molar refractivity (Wildman–Crippen MR) is 110 cm³/mol. The van der Waals surface area contributed by atoms with Crippen molar-refractivity contribution in [1.29, 1.82) is 0 Å². The highest BCUT2D eigenvalue weighted by atomic mass is 19.4. The highest BCUT2D eigenvalue weighted by molar-refractivity contribution is 5.84. The molecule has 2 amide bonds. The van der Waals surface area contributed by atoms with E-state index in [0.29, 0.717) is 38.3 Å². The van der Waals surface area contributed by atoms with Crippen LogP contribution in [0, 0.1) is 0 Å². The van der Waals surface area contributed by atoms with Gasteiger partial charge in [0.15, 0.2) is 0 Å². The fourth-order valence-electron chi connectivity index (χ4n) is 3.47. The standard InChI is InChI=1S/C22H24F3N3O3/c1-31-20(29)19(14-16-6-3-2-4-7-16)26-21(30)28-12-10-27(11-13-28)18-9-5-8-17(15-18)22(23,24)25/h2-9,15,19H,10-14H2,1H3,(H,26,30)/t19-/m0/s1. The van der Waals surface area contributed by atoms with Crippen LogP contribution in [-0.2, 0) is 22.1 Å². The van der Waals surface area contributed by atoms with Crippen molar-refractivity contribution >= 4 is 17.7 Å². The Balaban J connectivity index is 1.59. The molecule has 0 saturated carbocycles. The number of hydrogen-bond donors (Lipinski definition) is 1. The van der Waals surface area contributed by atoms with Crippen molar-refractivity contribution in [3.05, 3.63) is 65.7 Å². The molecule has 0 aromatic heterocycles. The van der Waals surface area contributed by atoms with Gasteiger partial charge >= 0.3 is 18.2 Å². The summed E-state index contributed by atoms with van der Waals surface area (Å²) in [5.74, 6) is -0.542. The number of benzene rings is 2. The average molecular weight is 435 g/mol. The van der Waals surface area contributed by atoms with Crippen molar-refractivity contribution in [3.8, 4) is 0 Å². The van der Waals surface area contributed by atoms with Crippen molar-refractivity contribution in [1.82, 2.24) is 10.2 Å². The Morgan fingerprint density at radius 3 is 2.32 bits per heavy atom. The molecule has 2 aromatic rings. The largest absolute Gasteiger partial charge is 0.467 e. The molecule has 1 fully saturated rings. The molecule has 1 heterocycles. The molecule has 1 atom stereocenters. The van der Waals surface area contributed by atoms with Gasteiger partial charge in [-0.2, -0.15) is 13.2 Å². The zero-order valence-corrected chi connectivity index (χ0v) is 17.1. The average Bonchev–Trinajstić information content (AvgIpc) is 2.78. The fraction of sp³-hybridized carbons (Fsp3) is 0.364. The van der Waals surface area contributed by atoms with Gasteiger partial charge < -0.3 is 19.9 Å². The van der Waals surface area contributed by atoms with E-state index in [2.05, 4.69) is 5.32 Å². The number of anilines is 1. The number of nitrogens with zero attached hydrogens (tertiary/aromatic N) is 2. The number of rotatable bonds is 5. The van der Waals surface area contributed by atoms with Crippen LogP contribution in [-0.4, -0.2) is 56.2 Å². The normalized spacial score (nSPS) is 15.4. The van der Waals surface area contributed by atoms with E-state index >= 15 is 0 Å². The van der Waals surface area contributed by atoms with Gasteiger partial charge in [0, 0.05) is 38.3 Å². The molecule has 1 N–H and O–H groups in total. The van der Waals surface area contributed by atoms with E-state index in [0.717, 1.165) is 17.7 Å². The predicted octanol–water partition coefficient (Wildman–Crippen LogP) is 3.32. The number of piperazine rings is 1. The lowest BCUT2D eigenvalue weighted by Crippen LogP contribution is -2.55. The summed E-state index contributed by atoms with van der Waals surface area (Å²) < 4.78 is 43.7. The number of carbonyl (C=O) groups excluding carboxylic acids is 2. The highest BCUT2D eigenvalue weighted by Crippen LogP contribution is 2.31. The number of ether oxygens (including phenoxy) is 1. The first kappa shape index (κ1) is 22.5. The second kappa shape index (κ2) is 9.72. The number of urea groups is 1. The Morgan fingerprint density at radius 1 is 1.03 bits per heavy atom. The van der Waals surface area contributed by atoms with E-state index in [1.807, 2.05) is 30.3 Å². The first-order chi connectivity index (χ1) is 14.8. The number of nitrogens with one attached hydrogen (secondary N) is 1. The molecule has 0 bridgehead atoms. The van der Waals surface area contributed by atoms with Gasteiger partial charge in [0.2, 0.25) is 0 Å². The molecular weight excluding hydrogens is 411 g/mol. The van der Waals surface area contributed by atoms with Crippen LogP contribution >= 0.6 is 0 Å². The summed E-state index contributed by atoms with van der Waals surface area (Å²) in [5, 5.41) is 2.71. The van der Waals surface area contributed by atoms with Crippen LogP contribution in [0.25, 0.3) is 0 Å². The smallest absolute Gasteiger partial charge is 0.416 e. The van der Waals surface area contributed by atoms with E-state index in [1.54, 1.807) is 15.9 Å². The number of esters is 1. The van der Waals surface area contributed by atoms with Gasteiger partial charge in [0.1, 0.15) is 6.04 Å². The maximum absolute atomic E-state index is 13.0. The minimum absolute atomic E-state index is 0.295. The van der Waals surface area contributed by atoms with Gasteiger partial charge in [-0.15, -0.1) is 0 Å². The molecule has 0 spiro atoms. The zero-order valence-electron chi connectivity index (χ0n) is 17.1. The number of halogens is 3. The second-order valence-corrected chi connectivity index (χ2v) is 7.24. The number of amides is 2. The summed E-state index contributed by atoms with van der Waals surface area (Å²) in [4.78, 5) is 28.2. The summed E-state index contributed by atoms with van der Waals surface area (Å²) in [7, 11) is 1.26. The molecule has 0 radical (unpaired) electrons. The maximum atomic E-state index is 13.0. The number of alkyl halides is 3. The van der Waals surface area contributed by atoms with Crippen molar-refractivity contribution in [2.45, 2.75) is 18.6 Å². The van der Waals surface area contributed by atoms with E-state index in [9.17, 15) is 22.8 Å². The third-order valence-electron chi connectivity index (χ3n) is 5.17. The minimum Gasteiger partial charge on any atom is -0.467 e. The topological polar surface area (TPSA) is 61.9 Å². The van der Waals surface area contributed by atoms with Gasteiger partial charge in [0.05, 0.1) is 12.7 Å². The summed E-state index contributed by atoms with van der Waals surface area (Å²) in [6, 6.07) is 13.2. The van der Waals surface area contributed by atoms with Gasteiger partial charge in [-0.3, -0.25) is 0 Å². The summed E-state index contributed by atoms with van der Waals surface area (Å²) in [6.07, 6.45) is -4.11. The fourth-order valence-corrected chi connectivity index (χ4v) is 3.47. The molecule has 0 unspecified atom stereocenters. The van der Waals surface area contributed by atoms with E-state index in [-0.39, 0.29) is 0 Å². The summed E-state index contributed by atoms with van der Waals surface area (Å²) in [6.45, 7) is 1.41. The Bertz CT molecular complexity index is 898. The Labute approximate surface area is 178 Å². The van der Waals surface area contributed by atoms with Crippen molar-refractivity contribution in [3.63, 3.8) is 0 Å². The summed E-state index contributed by atoms with van der Waals surface area (Å²) >= 11 is 0. The lowest BCUT2D eigenvalue weighted by Gasteiger charge is -2.36. The van der Waals surface area contributed by atoms with Crippen LogP contribution in [0.15, 0.2) is 54.6 Å². The first-order valence-corrected chi connectivity index (χ1v) is 9.87. The molecular formula is C22H24F3N3O3. The molecule has 31 heavy (non-hydrogen) atoms. The number of carbonyl (C=O) groups is 2. The van der Waals surface area contributed by atoms with E-state index in [1.165, 1.54) is 13.2 Å². The quantitative estimate of drug-likeness (QED) is 0.732. The molecule has 3 rings (SSSR count). The second-order valence-electron chi connectivity index (χ2n) is 7.24.